The van der Waals surface area contributed by atoms with Gasteiger partial charge in [0.15, 0.2) is 0 Å². The maximum atomic E-state index is 12.4. The van der Waals surface area contributed by atoms with E-state index >= 15 is 0 Å². The summed E-state index contributed by atoms with van der Waals surface area (Å²) in [5.41, 5.74) is 6.44. The molecule has 0 saturated heterocycles. The zero-order valence-electron chi connectivity index (χ0n) is 17.1. The van der Waals surface area contributed by atoms with Gasteiger partial charge in [-0.3, -0.25) is 25.2 Å². The lowest BCUT2D eigenvalue weighted by Crippen LogP contribution is -2.46. The van der Waals surface area contributed by atoms with Crippen molar-refractivity contribution in [2.24, 2.45) is 7.05 Å². The van der Waals surface area contributed by atoms with E-state index in [9.17, 15) is 14.4 Å². The Morgan fingerprint density at radius 3 is 2.37 bits per heavy atom. The number of rotatable bonds is 6. The van der Waals surface area contributed by atoms with E-state index < -0.39 is 17.7 Å². The van der Waals surface area contributed by atoms with Crippen molar-refractivity contribution < 1.29 is 19.1 Å². The lowest BCUT2D eigenvalue weighted by Gasteiger charge is -2.10. The van der Waals surface area contributed by atoms with Crippen LogP contribution in [0, 0.1) is 0 Å². The van der Waals surface area contributed by atoms with Crippen LogP contribution in [0.25, 0.3) is 10.9 Å². The molecule has 0 bridgehead atoms. The molecule has 156 valence electrons. The van der Waals surface area contributed by atoms with Crippen LogP contribution in [-0.2, 0) is 11.8 Å². The summed E-state index contributed by atoms with van der Waals surface area (Å²) >= 11 is 0. The van der Waals surface area contributed by atoms with Crippen molar-refractivity contribution >= 4 is 28.6 Å². The van der Waals surface area contributed by atoms with Gasteiger partial charge in [-0.05, 0) is 44.2 Å². The number of ether oxygens (including phenoxy) is 1. The zero-order valence-corrected chi connectivity index (χ0v) is 17.1. The Hall–Kier alpha value is -3.81. The minimum atomic E-state index is -0.545. The van der Waals surface area contributed by atoms with Crippen LogP contribution < -0.4 is 20.9 Å². The Morgan fingerprint density at radius 2 is 1.67 bits per heavy atom. The van der Waals surface area contributed by atoms with E-state index in [0.29, 0.717) is 16.9 Å². The smallest absolute Gasteiger partial charge is 0.271 e. The first-order chi connectivity index (χ1) is 14.3. The average molecular weight is 408 g/mol. The normalized spacial score (nSPS) is 10.7. The van der Waals surface area contributed by atoms with Gasteiger partial charge in [-0.15, -0.1) is 0 Å². The molecule has 0 aliphatic carbocycles. The third-order valence-electron chi connectivity index (χ3n) is 4.35. The van der Waals surface area contributed by atoms with E-state index in [2.05, 4.69) is 16.2 Å². The topological polar surface area (TPSA) is 101 Å². The van der Waals surface area contributed by atoms with Gasteiger partial charge in [0.25, 0.3) is 17.7 Å². The minimum Gasteiger partial charge on any atom is -0.491 e. The highest BCUT2D eigenvalue weighted by Crippen LogP contribution is 2.19. The molecule has 30 heavy (non-hydrogen) atoms. The first kappa shape index (κ1) is 20.9. The van der Waals surface area contributed by atoms with Crippen molar-refractivity contribution in [3.8, 4) is 5.75 Å². The van der Waals surface area contributed by atoms with E-state index in [1.54, 1.807) is 30.5 Å². The average Bonchev–Trinajstić information content (AvgIpc) is 3.07. The predicted molar refractivity (Wildman–Crippen MR) is 113 cm³/mol. The molecule has 1 aromatic heterocycles. The monoisotopic (exact) mass is 408 g/mol. The molecule has 0 spiro atoms. The van der Waals surface area contributed by atoms with Gasteiger partial charge < -0.3 is 14.6 Å². The summed E-state index contributed by atoms with van der Waals surface area (Å²) in [5.74, 6) is -0.721. The summed E-state index contributed by atoms with van der Waals surface area (Å²) in [5, 5.41) is 3.29. The van der Waals surface area contributed by atoms with Gasteiger partial charge in [0, 0.05) is 29.7 Å². The fraction of sp³-hybridized carbons (Fsp3) is 0.227. The van der Waals surface area contributed by atoms with Gasteiger partial charge in [0.05, 0.1) is 18.2 Å². The molecule has 8 nitrogen and oxygen atoms in total. The third-order valence-corrected chi connectivity index (χ3v) is 4.35. The number of nitrogens with zero attached hydrogens (tertiary/aromatic N) is 1. The van der Waals surface area contributed by atoms with Crippen molar-refractivity contribution in [2.75, 3.05) is 6.54 Å². The van der Waals surface area contributed by atoms with Crippen LogP contribution in [0.5, 0.6) is 5.75 Å². The molecular formula is C22H24N4O4. The van der Waals surface area contributed by atoms with Crippen LogP contribution >= 0.6 is 0 Å². The van der Waals surface area contributed by atoms with E-state index in [-0.39, 0.29) is 12.6 Å². The molecule has 0 unspecified atom stereocenters. The molecule has 3 amide bonds. The number of fused-ring (bicyclic) bond motifs is 1. The van der Waals surface area contributed by atoms with E-state index in [1.165, 1.54) is 0 Å². The van der Waals surface area contributed by atoms with Crippen LogP contribution in [-0.4, -0.2) is 34.9 Å². The molecule has 0 aliphatic rings. The summed E-state index contributed by atoms with van der Waals surface area (Å²) in [6.07, 6.45) is 1.73. The van der Waals surface area contributed by atoms with Crippen molar-refractivity contribution in [3.05, 3.63) is 65.9 Å². The molecule has 0 saturated carbocycles. The van der Waals surface area contributed by atoms with Crippen molar-refractivity contribution in [1.82, 2.24) is 20.7 Å². The Labute approximate surface area is 174 Å². The minimum absolute atomic E-state index is 0.0393. The van der Waals surface area contributed by atoms with Gasteiger partial charge in [-0.25, -0.2) is 0 Å². The van der Waals surface area contributed by atoms with Crippen LogP contribution in [0.1, 0.15) is 34.6 Å². The molecule has 8 heteroatoms. The second kappa shape index (κ2) is 9.13. The van der Waals surface area contributed by atoms with Gasteiger partial charge in [0.2, 0.25) is 0 Å². The summed E-state index contributed by atoms with van der Waals surface area (Å²) < 4.78 is 7.37. The summed E-state index contributed by atoms with van der Waals surface area (Å²) in [7, 11) is 1.84. The second-order valence-electron chi connectivity index (χ2n) is 7.05. The Balaban J connectivity index is 1.49. The highest BCUT2D eigenvalue weighted by Gasteiger charge is 2.14. The maximum Gasteiger partial charge on any atom is 0.271 e. The molecule has 0 fully saturated rings. The molecule has 3 rings (SSSR count). The first-order valence-corrected chi connectivity index (χ1v) is 9.53. The summed E-state index contributed by atoms with van der Waals surface area (Å²) in [4.78, 5) is 36.6. The van der Waals surface area contributed by atoms with Gasteiger partial charge in [-0.1, -0.05) is 18.2 Å². The summed E-state index contributed by atoms with van der Waals surface area (Å²) in [6.45, 7) is 3.55. The Kier molecular flexibility index (Phi) is 6.36. The molecule has 0 radical (unpaired) electrons. The second-order valence-corrected chi connectivity index (χ2v) is 7.05. The number of nitrogens with one attached hydrogen (secondary N) is 3. The molecular weight excluding hydrogens is 384 g/mol. The number of aromatic nitrogens is 1. The third kappa shape index (κ3) is 4.96. The molecule has 0 atom stereocenters. The van der Waals surface area contributed by atoms with Crippen LogP contribution in [0.2, 0.25) is 0 Å². The van der Waals surface area contributed by atoms with Gasteiger partial charge >= 0.3 is 0 Å². The zero-order chi connectivity index (χ0) is 21.7. The number of benzene rings is 2. The Morgan fingerprint density at radius 1 is 0.967 bits per heavy atom. The predicted octanol–water partition coefficient (Wildman–Crippen LogP) is 2.16. The van der Waals surface area contributed by atoms with Crippen LogP contribution in [0.15, 0.2) is 54.7 Å². The SMILES string of the molecule is CC(C)Oc1ccc(C(=O)NCC(=O)NNC(=O)c2cn(C)c3ccccc23)cc1. The number of amides is 3. The fourth-order valence-corrected chi connectivity index (χ4v) is 2.98. The fourth-order valence-electron chi connectivity index (χ4n) is 2.98. The van der Waals surface area contributed by atoms with Crippen molar-refractivity contribution in [1.29, 1.82) is 0 Å². The number of para-hydroxylation sites is 1. The summed E-state index contributed by atoms with van der Waals surface area (Å²) in [6, 6.07) is 14.1. The van der Waals surface area contributed by atoms with Crippen molar-refractivity contribution in [3.63, 3.8) is 0 Å². The number of hydrogen-bond acceptors (Lipinski definition) is 4. The van der Waals surface area contributed by atoms with Gasteiger partial charge in [0.1, 0.15) is 5.75 Å². The number of aryl methyl sites for hydroxylation is 1. The highest BCUT2D eigenvalue weighted by molar-refractivity contribution is 6.07. The number of carbonyl (C=O) groups is 3. The maximum absolute atomic E-state index is 12.4. The number of hydrogen-bond donors (Lipinski definition) is 3. The van der Waals surface area contributed by atoms with E-state index in [1.807, 2.05) is 49.7 Å². The lowest BCUT2D eigenvalue weighted by atomic mass is 10.2. The lowest BCUT2D eigenvalue weighted by molar-refractivity contribution is -0.120. The van der Waals surface area contributed by atoms with E-state index in [0.717, 1.165) is 10.9 Å². The largest absolute Gasteiger partial charge is 0.491 e. The van der Waals surface area contributed by atoms with E-state index in [4.69, 9.17) is 4.74 Å². The quantitative estimate of drug-likeness (QED) is 0.544. The molecule has 3 aromatic rings. The Bertz CT molecular complexity index is 1070. The standard InChI is InChI=1S/C22H24N4O4/c1-14(2)30-16-10-8-15(9-11-16)21(28)23-12-20(27)24-25-22(29)18-13-26(3)19-7-5-4-6-17(18)19/h4-11,13-14H,12H2,1-3H3,(H,23,28)(H,24,27)(H,25,29). The number of carbonyl (C=O) groups excluding carboxylic acids is 3. The molecule has 0 aliphatic heterocycles. The van der Waals surface area contributed by atoms with Crippen LogP contribution in [0.4, 0.5) is 0 Å². The number of hydrazine groups is 1. The molecule has 1 heterocycles. The van der Waals surface area contributed by atoms with Gasteiger partial charge in [-0.2, -0.15) is 0 Å². The molecule has 3 N–H and O–H groups in total. The highest BCUT2D eigenvalue weighted by atomic mass is 16.5. The first-order valence-electron chi connectivity index (χ1n) is 9.53. The van der Waals surface area contributed by atoms with Crippen LogP contribution in [0.3, 0.4) is 0 Å². The van der Waals surface area contributed by atoms with Crippen molar-refractivity contribution in [2.45, 2.75) is 20.0 Å². The molecule has 2 aromatic carbocycles.